The fourth-order valence-corrected chi connectivity index (χ4v) is 1.62. The van der Waals surface area contributed by atoms with Crippen molar-refractivity contribution in [2.24, 2.45) is 0 Å². The average molecular weight is 256 g/mol. The predicted octanol–water partition coefficient (Wildman–Crippen LogP) is -0.0690. The first-order valence-electron chi connectivity index (χ1n) is 5.75. The van der Waals surface area contributed by atoms with Crippen LogP contribution in [0.2, 0.25) is 0 Å². The molecule has 0 atom stereocenters. The SMILES string of the molecule is C#CCNC(=O)CCn1nnc2ccccc2c1=O. The Labute approximate surface area is 109 Å². The molecule has 0 aliphatic heterocycles. The molecule has 1 aromatic heterocycles. The van der Waals surface area contributed by atoms with E-state index < -0.39 is 0 Å². The van der Waals surface area contributed by atoms with E-state index in [1.165, 1.54) is 4.68 Å². The molecule has 0 unspecified atom stereocenters. The Morgan fingerprint density at radius 1 is 1.42 bits per heavy atom. The lowest BCUT2D eigenvalue weighted by Gasteiger charge is -2.04. The summed E-state index contributed by atoms with van der Waals surface area (Å²) in [5, 5.41) is 10.7. The van der Waals surface area contributed by atoms with Crippen molar-refractivity contribution < 1.29 is 4.79 Å². The summed E-state index contributed by atoms with van der Waals surface area (Å²) >= 11 is 0. The Hall–Kier alpha value is -2.68. The molecule has 0 saturated heterocycles. The van der Waals surface area contributed by atoms with Crippen molar-refractivity contribution in [1.29, 1.82) is 0 Å². The van der Waals surface area contributed by atoms with Crippen LogP contribution in [0, 0.1) is 12.3 Å². The van der Waals surface area contributed by atoms with Gasteiger partial charge in [-0.05, 0) is 12.1 Å². The normalized spacial score (nSPS) is 10.1. The number of rotatable bonds is 4. The summed E-state index contributed by atoms with van der Waals surface area (Å²) in [7, 11) is 0. The summed E-state index contributed by atoms with van der Waals surface area (Å²) in [6.07, 6.45) is 5.16. The van der Waals surface area contributed by atoms with Crippen LogP contribution in [0.1, 0.15) is 6.42 Å². The highest BCUT2D eigenvalue weighted by Gasteiger charge is 2.06. The summed E-state index contributed by atoms with van der Waals surface area (Å²) in [6, 6.07) is 6.94. The minimum atomic E-state index is -0.254. The first kappa shape index (κ1) is 12.8. The zero-order chi connectivity index (χ0) is 13.7. The van der Waals surface area contributed by atoms with E-state index in [-0.39, 0.29) is 31.0 Å². The molecule has 0 bridgehead atoms. The second-order valence-corrected chi connectivity index (χ2v) is 3.87. The fourth-order valence-electron chi connectivity index (χ4n) is 1.62. The second kappa shape index (κ2) is 5.78. The molecule has 1 N–H and O–H groups in total. The molecule has 0 fully saturated rings. The van der Waals surface area contributed by atoms with Gasteiger partial charge in [-0.15, -0.1) is 11.5 Å². The standard InChI is InChI=1S/C13H12N4O2/c1-2-8-14-12(18)7-9-17-13(19)10-5-3-4-6-11(10)15-16-17/h1,3-6H,7-9H2,(H,14,18). The van der Waals surface area contributed by atoms with Gasteiger partial charge in [0.1, 0.15) is 5.52 Å². The van der Waals surface area contributed by atoms with Crippen LogP contribution in [0.4, 0.5) is 0 Å². The lowest BCUT2D eigenvalue weighted by Crippen LogP contribution is -2.29. The van der Waals surface area contributed by atoms with Crippen molar-refractivity contribution in [3.8, 4) is 12.3 Å². The third-order valence-corrected chi connectivity index (χ3v) is 2.57. The van der Waals surface area contributed by atoms with Crippen LogP contribution in [0.5, 0.6) is 0 Å². The highest BCUT2D eigenvalue weighted by molar-refractivity contribution is 5.77. The monoisotopic (exact) mass is 256 g/mol. The molecule has 0 spiro atoms. The number of hydrogen-bond donors (Lipinski definition) is 1. The Kier molecular flexibility index (Phi) is 3.88. The number of aryl methyl sites for hydroxylation is 1. The number of nitrogens with zero attached hydrogens (tertiary/aromatic N) is 3. The van der Waals surface area contributed by atoms with Gasteiger partial charge < -0.3 is 5.32 Å². The first-order chi connectivity index (χ1) is 9.22. The Morgan fingerprint density at radius 2 is 2.21 bits per heavy atom. The van der Waals surface area contributed by atoms with Gasteiger partial charge in [0.15, 0.2) is 0 Å². The zero-order valence-corrected chi connectivity index (χ0v) is 10.2. The zero-order valence-electron chi connectivity index (χ0n) is 10.2. The van der Waals surface area contributed by atoms with E-state index in [9.17, 15) is 9.59 Å². The molecular weight excluding hydrogens is 244 g/mol. The molecule has 1 heterocycles. The van der Waals surface area contributed by atoms with E-state index in [1.807, 2.05) is 0 Å². The lowest BCUT2D eigenvalue weighted by molar-refractivity contribution is -0.121. The topological polar surface area (TPSA) is 76.9 Å². The van der Waals surface area contributed by atoms with Gasteiger partial charge in [0.25, 0.3) is 5.56 Å². The smallest absolute Gasteiger partial charge is 0.277 e. The minimum Gasteiger partial charge on any atom is -0.345 e. The highest BCUT2D eigenvalue weighted by Crippen LogP contribution is 2.03. The summed E-state index contributed by atoms with van der Waals surface area (Å²) in [4.78, 5) is 23.4. The maximum atomic E-state index is 12.1. The van der Waals surface area contributed by atoms with Crippen molar-refractivity contribution >= 4 is 16.8 Å². The molecule has 1 amide bonds. The van der Waals surface area contributed by atoms with Gasteiger partial charge in [-0.2, -0.15) is 0 Å². The summed E-state index contributed by atoms with van der Waals surface area (Å²) < 4.78 is 1.18. The summed E-state index contributed by atoms with van der Waals surface area (Å²) in [5.74, 6) is 2.08. The van der Waals surface area contributed by atoms with E-state index in [4.69, 9.17) is 6.42 Å². The summed E-state index contributed by atoms with van der Waals surface area (Å²) in [5.41, 5.74) is 0.288. The third kappa shape index (κ3) is 2.96. The Balaban J connectivity index is 2.14. The molecule has 2 aromatic rings. The minimum absolute atomic E-state index is 0.134. The maximum Gasteiger partial charge on any atom is 0.277 e. The number of nitrogens with one attached hydrogen (secondary N) is 1. The number of amides is 1. The highest BCUT2D eigenvalue weighted by atomic mass is 16.2. The second-order valence-electron chi connectivity index (χ2n) is 3.87. The van der Waals surface area contributed by atoms with Gasteiger partial charge in [0, 0.05) is 6.42 Å². The largest absolute Gasteiger partial charge is 0.345 e. The van der Waals surface area contributed by atoms with Crippen molar-refractivity contribution in [3.05, 3.63) is 34.6 Å². The van der Waals surface area contributed by atoms with Gasteiger partial charge in [0.05, 0.1) is 18.5 Å². The number of hydrogen-bond acceptors (Lipinski definition) is 4. The maximum absolute atomic E-state index is 12.1. The van der Waals surface area contributed by atoms with Gasteiger partial charge >= 0.3 is 0 Å². The number of carbonyl (C=O) groups is 1. The number of carbonyl (C=O) groups excluding carboxylic acids is 1. The first-order valence-corrected chi connectivity index (χ1v) is 5.75. The van der Waals surface area contributed by atoms with Crippen molar-refractivity contribution in [1.82, 2.24) is 20.3 Å². The van der Waals surface area contributed by atoms with Crippen LogP contribution in [0.3, 0.4) is 0 Å². The molecule has 0 aliphatic rings. The van der Waals surface area contributed by atoms with Gasteiger partial charge in [-0.3, -0.25) is 9.59 Å². The molecular formula is C13H12N4O2. The summed E-state index contributed by atoms with van der Waals surface area (Å²) in [6.45, 7) is 0.351. The van der Waals surface area contributed by atoms with E-state index in [2.05, 4.69) is 21.5 Å². The fraction of sp³-hybridized carbons (Fsp3) is 0.231. The van der Waals surface area contributed by atoms with Crippen molar-refractivity contribution in [3.63, 3.8) is 0 Å². The number of terminal acetylenes is 1. The molecule has 6 heteroatoms. The van der Waals surface area contributed by atoms with Crippen LogP contribution in [0.15, 0.2) is 29.1 Å². The molecule has 0 saturated carbocycles. The molecule has 96 valence electrons. The van der Waals surface area contributed by atoms with Crippen LogP contribution < -0.4 is 10.9 Å². The van der Waals surface area contributed by atoms with E-state index in [0.29, 0.717) is 10.9 Å². The average Bonchev–Trinajstić information content (AvgIpc) is 2.44. The van der Waals surface area contributed by atoms with Crippen LogP contribution in [0.25, 0.3) is 10.9 Å². The molecule has 0 radical (unpaired) electrons. The van der Waals surface area contributed by atoms with Crippen molar-refractivity contribution in [2.45, 2.75) is 13.0 Å². The molecule has 6 nitrogen and oxygen atoms in total. The molecule has 0 aliphatic carbocycles. The Bertz CT molecular complexity index is 700. The predicted molar refractivity (Wildman–Crippen MR) is 70.3 cm³/mol. The number of benzene rings is 1. The van der Waals surface area contributed by atoms with Crippen molar-refractivity contribution in [2.75, 3.05) is 6.54 Å². The third-order valence-electron chi connectivity index (χ3n) is 2.57. The van der Waals surface area contributed by atoms with E-state index in [0.717, 1.165) is 0 Å². The molecule has 2 rings (SSSR count). The quantitative estimate of drug-likeness (QED) is 0.777. The van der Waals surface area contributed by atoms with Gasteiger partial charge in [-0.1, -0.05) is 23.3 Å². The van der Waals surface area contributed by atoms with Gasteiger partial charge in [0.2, 0.25) is 5.91 Å². The van der Waals surface area contributed by atoms with Gasteiger partial charge in [-0.25, -0.2) is 4.68 Å². The number of fused-ring (bicyclic) bond motifs is 1. The molecule has 19 heavy (non-hydrogen) atoms. The van der Waals surface area contributed by atoms with E-state index >= 15 is 0 Å². The Morgan fingerprint density at radius 3 is 3.00 bits per heavy atom. The van der Waals surface area contributed by atoms with Crippen LogP contribution in [-0.2, 0) is 11.3 Å². The van der Waals surface area contributed by atoms with E-state index in [1.54, 1.807) is 24.3 Å². The number of aromatic nitrogens is 3. The van der Waals surface area contributed by atoms with Crippen LogP contribution >= 0.6 is 0 Å². The lowest BCUT2D eigenvalue weighted by atomic mass is 10.2. The van der Waals surface area contributed by atoms with Crippen LogP contribution in [-0.4, -0.2) is 27.4 Å². The molecule has 1 aromatic carbocycles.